The lowest BCUT2D eigenvalue weighted by atomic mass is 9.88. The van der Waals surface area contributed by atoms with Crippen molar-refractivity contribution in [1.29, 1.82) is 0 Å². The molecule has 0 bridgehead atoms. The zero-order valence-corrected chi connectivity index (χ0v) is 15.1. The highest BCUT2D eigenvalue weighted by molar-refractivity contribution is 6.42. The van der Waals surface area contributed by atoms with E-state index in [0.29, 0.717) is 21.8 Å². The second kappa shape index (κ2) is 5.72. The molecule has 0 radical (unpaired) electrons. The Kier molecular flexibility index (Phi) is 3.71. The van der Waals surface area contributed by atoms with Gasteiger partial charge in [0.2, 0.25) is 5.54 Å². The standard InChI is InChI=1S/C18H13Cl2N3O3/c1-9-5-6-13-11(7-9)18(15(24)21-13)16(25)22-17(26)23(18)8-10-3-2-4-12(19)14(10)20/h2-7H,8H2,1H3,(H,21,24)(H,22,25,26)/t18-/m1/s1. The number of carbonyl (C=O) groups excluding carboxylic acids is 3. The van der Waals surface area contributed by atoms with Crippen LogP contribution in [0, 0.1) is 6.92 Å². The molecule has 1 fully saturated rings. The van der Waals surface area contributed by atoms with E-state index in [0.717, 1.165) is 5.56 Å². The summed E-state index contributed by atoms with van der Waals surface area (Å²) in [6, 6.07) is 9.64. The lowest BCUT2D eigenvalue weighted by molar-refractivity contribution is -0.137. The lowest BCUT2D eigenvalue weighted by Gasteiger charge is -2.30. The van der Waals surface area contributed by atoms with Crippen LogP contribution in [0.5, 0.6) is 0 Å². The van der Waals surface area contributed by atoms with Gasteiger partial charge in [0.05, 0.1) is 16.6 Å². The SMILES string of the molecule is Cc1ccc2c(c1)[C@]1(C(=O)NC(=O)N1Cc1cccc(Cl)c1Cl)C(=O)N2. The molecule has 2 aliphatic heterocycles. The highest BCUT2D eigenvalue weighted by atomic mass is 35.5. The van der Waals surface area contributed by atoms with Crippen LogP contribution < -0.4 is 10.6 Å². The van der Waals surface area contributed by atoms with Crippen molar-refractivity contribution in [2.75, 3.05) is 5.32 Å². The minimum absolute atomic E-state index is 0.0439. The average molecular weight is 390 g/mol. The van der Waals surface area contributed by atoms with Crippen molar-refractivity contribution in [3.05, 3.63) is 63.1 Å². The Labute approximate surface area is 159 Å². The van der Waals surface area contributed by atoms with Gasteiger partial charge in [0.25, 0.3) is 11.8 Å². The first-order valence-corrected chi connectivity index (χ1v) is 8.60. The largest absolute Gasteiger partial charge is 0.326 e. The van der Waals surface area contributed by atoms with Crippen LogP contribution >= 0.6 is 23.2 Å². The monoisotopic (exact) mass is 389 g/mol. The summed E-state index contributed by atoms with van der Waals surface area (Å²) < 4.78 is 0. The molecule has 132 valence electrons. The van der Waals surface area contributed by atoms with Gasteiger partial charge in [-0.25, -0.2) is 4.79 Å². The quantitative estimate of drug-likeness (QED) is 0.611. The van der Waals surface area contributed by atoms with Gasteiger partial charge >= 0.3 is 6.03 Å². The van der Waals surface area contributed by atoms with Gasteiger partial charge in [0, 0.05) is 11.3 Å². The van der Waals surface area contributed by atoms with E-state index in [4.69, 9.17) is 23.2 Å². The number of nitrogens with zero attached hydrogens (tertiary/aromatic N) is 1. The topological polar surface area (TPSA) is 78.5 Å². The van der Waals surface area contributed by atoms with E-state index < -0.39 is 23.4 Å². The molecule has 0 unspecified atom stereocenters. The van der Waals surface area contributed by atoms with E-state index in [1.54, 1.807) is 30.3 Å². The number of fused-ring (bicyclic) bond motifs is 2. The van der Waals surface area contributed by atoms with E-state index in [9.17, 15) is 14.4 Å². The summed E-state index contributed by atoms with van der Waals surface area (Å²) >= 11 is 12.3. The molecule has 2 aromatic carbocycles. The molecule has 26 heavy (non-hydrogen) atoms. The maximum atomic E-state index is 12.9. The molecule has 4 rings (SSSR count). The van der Waals surface area contributed by atoms with Crippen molar-refractivity contribution in [3.63, 3.8) is 0 Å². The number of imide groups is 1. The number of benzene rings is 2. The molecular weight excluding hydrogens is 377 g/mol. The molecule has 2 heterocycles. The average Bonchev–Trinajstić information content (AvgIpc) is 3.01. The maximum absolute atomic E-state index is 12.9. The van der Waals surface area contributed by atoms with Crippen molar-refractivity contribution in [2.45, 2.75) is 19.0 Å². The van der Waals surface area contributed by atoms with Crippen molar-refractivity contribution in [1.82, 2.24) is 10.2 Å². The number of carbonyl (C=O) groups is 3. The predicted octanol–water partition coefficient (Wildman–Crippen LogP) is 3.20. The first kappa shape index (κ1) is 16.9. The zero-order valence-electron chi connectivity index (χ0n) is 13.6. The van der Waals surface area contributed by atoms with Crippen LogP contribution in [0.1, 0.15) is 16.7 Å². The Balaban J connectivity index is 1.88. The molecule has 2 N–H and O–H groups in total. The molecule has 4 amide bonds. The summed E-state index contributed by atoms with van der Waals surface area (Å²) in [6.45, 7) is 1.81. The van der Waals surface area contributed by atoms with Gasteiger partial charge < -0.3 is 5.32 Å². The third kappa shape index (κ3) is 2.15. The predicted molar refractivity (Wildman–Crippen MR) is 97.0 cm³/mol. The summed E-state index contributed by atoms with van der Waals surface area (Å²) in [4.78, 5) is 39.3. The van der Waals surface area contributed by atoms with Crippen LogP contribution in [-0.4, -0.2) is 22.7 Å². The Morgan fingerprint density at radius 3 is 2.54 bits per heavy atom. The van der Waals surface area contributed by atoms with Crippen molar-refractivity contribution >= 4 is 46.7 Å². The molecule has 0 aliphatic carbocycles. The van der Waals surface area contributed by atoms with Gasteiger partial charge in [-0.1, -0.05) is 53.0 Å². The third-order valence-electron chi connectivity index (χ3n) is 4.70. The number of rotatable bonds is 2. The minimum atomic E-state index is -1.76. The summed E-state index contributed by atoms with van der Waals surface area (Å²) in [5.41, 5.74) is 0.603. The number of halogens is 2. The first-order valence-electron chi connectivity index (χ1n) is 7.84. The summed E-state index contributed by atoms with van der Waals surface area (Å²) in [5, 5.41) is 5.56. The van der Waals surface area contributed by atoms with Crippen LogP contribution in [0.4, 0.5) is 10.5 Å². The summed E-state index contributed by atoms with van der Waals surface area (Å²) in [7, 11) is 0. The van der Waals surface area contributed by atoms with Gasteiger partial charge in [-0.3, -0.25) is 19.8 Å². The number of amides is 4. The minimum Gasteiger partial charge on any atom is -0.323 e. The number of hydrogen-bond acceptors (Lipinski definition) is 3. The second-order valence-corrected chi connectivity index (χ2v) is 7.06. The summed E-state index contributed by atoms with van der Waals surface area (Å²) in [5.74, 6) is -1.25. The fraction of sp³-hybridized carbons (Fsp3) is 0.167. The van der Waals surface area contributed by atoms with Crippen LogP contribution in [0.3, 0.4) is 0 Å². The molecule has 0 aromatic heterocycles. The zero-order chi connectivity index (χ0) is 18.6. The van der Waals surface area contributed by atoms with Gasteiger partial charge in [0.15, 0.2) is 0 Å². The maximum Gasteiger partial charge on any atom is 0.326 e. The van der Waals surface area contributed by atoms with Gasteiger partial charge in [0.1, 0.15) is 0 Å². The Hall–Kier alpha value is -2.57. The highest BCUT2D eigenvalue weighted by Gasteiger charge is 2.63. The molecular formula is C18H13Cl2N3O3. The number of urea groups is 1. The fourth-order valence-corrected chi connectivity index (χ4v) is 3.84. The first-order chi connectivity index (χ1) is 12.4. The molecule has 8 heteroatoms. The van der Waals surface area contributed by atoms with E-state index in [2.05, 4.69) is 10.6 Å². The number of hydrogen-bond donors (Lipinski definition) is 2. The van der Waals surface area contributed by atoms with Crippen molar-refractivity contribution < 1.29 is 14.4 Å². The van der Waals surface area contributed by atoms with Crippen LogP contribution in [0.25, 0.3) is 0 Å². The number of aryl methyl sites for hydroxylation is 1. The van der Waals surface area contributed by atoms with E-state index in [1.165, 1.54) is 4.90 Å². The highest BCUT2D eigenvalue weighted by Crippen LogP contribution is 2.45. The van der Waals surface area contributed by atoms with Gasteiger partial charge in [-0.2, -0.15) is 0 Å². The van der Waals surface area contributed by atoms with E-state index in [-0.39, 0.29) is 11.6 Å². The number of anilines is 1. The molecule has 2 aromatic rings. The van der Waals surface area contributed by atoms with Crippen molar-refractivity contribution in [2.24, 2.45) is 0 Å². The van der Waals surface area contributed by atoms with Crippen LogP contribution in [-0.2, 0) is 21.7 Å². The fourth-order valence-electron chi connectivity index (χ4n) is 3.46. The molecule has 1 spiro atoms. The summed E-state index contributed by atoms with van der Waals surface area (Å²) in [6.07, 6.45) is 0. The Bertz CT molecular complexity index is 992. The van der Waals surface area contributed by atoms with E-state index in [1.807, 2.05) is 13.0 Å². The molecule has 1 atom stereocenters. The molecule has 6 nitrogen and oxygen atoms in total. The number of nitrogens with one attached hydrogen (secondary N) is 2. The van der Waals surface area contributed by atoms with Gasteiger partial charge in [-0.15, -0.1) is 0 Å². The Morgan fingerprint density at radius 1 is 1.04 bits per heavy atom. The second-order valence-electron chi connectivity index (χ2n) is 6.27. The normalized spacial score (nSPS) is 21.2. The molecule has 2 aliphatic rings. The molecule has 0 saturated carbocycles. The lowest BCUT2D eigenvalue weighted by Crippen LogP contribution is -2.51. The third-order valence-corrected chi connectivity index (χ3v) is 5.56. The van der Waals surface area contributed by atoms with E-state index >= 15 is 0 Å². The van der Waals surface area contributed by atoms with Crippen LogP contribution in [0.2, 0.25) is 10.0 Å². The molecule has 1 saturated heterocycles. The van der Waals surface area contributed by atoms with Crippen LogP contribution in [0.15, 0.2) is 36.4 Å². The van der Waals surface area contributed by atoms with Crippen molar-refractivity contribution in [3.8, 4) is 0 Å². The smallest absolute Gasteiger partial charge is 0.323 e. The van der Waals surface area contributed by atoms with Gasteiger partial charge in [-0.05, 0) is 24.6 Å². The Morgan fingerprint density at radius 2 is 1.77 bits per heavy atom.